The van der Waals surface area contributed by atoms with Crippen molar-refractivity contribution >= 4 is 11.4 Å². The van der Waals surface area contributed by atoms with Crippen molar-refractivity contribution in [2.45, 2.75) is 31.9 Å². The number of benzene rings is 2. The molecular weight excluding hydrogens is 272 g/mol. The van der Waals surface area contributed by atoms with E-state index in [4.69, 9.17) is 9.84 Å². The molecule has 1 fully saturated rings. The Morgan fingerprint density at radius 1 is 1.09 bits per heavy atom. The molecule has 0 aliphatic carbocycles. The van der Waals surface area contributed by atoms with Crippen molar-refractivity contribution in [2.24, 2.45) is 5.10 Å². The van der Waals surface area contributed by atoms with E-state index in [1.807, 2.05) is 6.07 Å². The number of anilines is 1. The zero-order valence-corrected chi connectivity index (χ0v) is 13.0. The first-order chi connectivity index (χ1) is 10.7. The van der Waals surface area contributed by atoms with Crippen LogP contribution < -0.4 is 5.01 Å². The van der Waals surface area contributed by atoms with E-state index in [0.717, 1.165) is 24.4 Å². The van der Waals surface area contributed by atoms with Crippen LogP contribution in [0.25, 0.3) is 0 Å². The first-order valence-electron chi connectivity index (χ1n) is 7.78. The summed E-state index contributed by atoms with van der Waals surface area (Å²) in [6, 6.07) is 19.3. The maximum atomic E-state index is 5.72. The van der Waals surface area contributed by atoms with E-state index in [0.29, 0.717) is 0 Å². The molecular formula is C19H20N2O. The predicted molar refractivity (Wildman–Crippen MR) is 89.4 cm³/mol. The normalized spacial score (nSPS) is 26.9. The SMILES string of the molecule is Cc1ccc(C2=NN(c3ccccc3)[C@@H]([C@@]3(C)CO3)C2)cc1. The van der Waals surface area contributed by atoms with Gasteiger partial charge in [0.15, 0.2) is 0 Å². The molecule has 0 aromatic heterocycles. The summed E-state index contributed by atoms with van der Waals surface area (Å²) in [5.41, 5.74) is 4.68. The molecule has 0 bridgehead atoms. The minimum Gasteiger partial charge on any atom is -0.368 e. The number of nitrogens with zero attached hydrogens (tertiary/aromatic N) is 2. The van der Waals surface area contributed by atoms with E-state index in [1.165, 1.54) is 11.1 Å². The highest BCUT2D eigenvalue weighted by Gasteiger charge is 2.52. The van der Waals surface area contributed by atoms with Crippen LogP contribution in [0, 0.1) is 6.92 Å². The molecule has 1 saturated heterocycles. The van der Waals surface area contributed by atoms with E-state index in [2.05, 4.69) is 67.4 Å². The lowest BCUT2D eigenvalue weighted by atomic mass is 9.95. The van der Waals surface area contributed by atoms with Gasteiger partial charge in [-0.15, -0.1) is 0 Å². The monoisotopic (exact) mass is 292 g/mol. The summed E-state index contributed by atoms with van der Waals surface area (Å²) in [6.45, 7) is 5.11. The Labute approximate surface area is 131 Å². The summed E-state index contributed by atoms with van der Waals surface area (Å²) in [7, 11) is 0. The molecule has 0 amide bonds. The lowest BCUT2D eigenvalue weighted by Gasteiger charge is -2.26. The molecule has 0 saturated carbocycles. The van der Waals surface area contributed by atoms with Crippen molar-refractivity contribution in [3.8, 4) is 0 Å². The zero-order valence-electron chi connectivity index (χ0n) is 13.0. The van der Waals surface area contributed by atoms with Gasteiger partial charge in [0.1, 0.15) is 5.60 Å². The lowest BCUT2D eigenvalue weighted by molar-refractivity contribution is 0.282. The fourth-order valence-electron chi connectivity index (χ4n) is 3.03. The van der Waals surface area contributed by atoms with Crippen LogP contribution in [0.15, 0.2) is 59.7 Å². The topological polar surface area (TPSA) is 28.1 Å². The van der Waals surface area contributed by atoms with E-state index in [-0.39, 0.29) is 11.6 Å². The molecule has 2 atom stereocenters. The molecule has 22 heavy (non-hydrogen) atoms. The van der Waals surface area contributed by atoms with Crippen molar-refractivity contribution in [1.82, 2.24) is 0 Å². The minimum absolute atomic E-state index is 0.0776. The van der Waals surface area contributed by atoms with Crippen molar-refractivity contribution in [2.75, 3.05) is 11.6 Å². The quantitative estimate of drug-likeness (QED) is 0.806. The highest BCUT2D eigenvalue weighted by atomic mass is 16.6. The lowest BCUT2D eigenvalue weighted by Crippen LogP contribution is -2.38. The van der Waals surface area contributed by atoms with Gasteiger partial charge in [-0.3, -0.25) is 5.01 Å². The van der Waals surface area contributed by atoms with Crippen LogP contribution >= 0.6 is 0 Å². The van der Waals surface area contributed by atoms with Crippen LogP contribution in [0.5, 0.6) is 0 Å². The number of hydrogen-bond acceptors (Lipinski definition) is 3. The van der Waals surface area contributed by atoms with Gasteiger partial charge in [0, 0.05) is 6.42 Å². The smallest absolute Gasteiger partial charge is 0.111 e. The van der Waals surface area contributed by atoms with Crippen molar-refractivity contribution < 1.29 is 4.74 Å². The van der Waals surface area contributed by atoms with Gasteiger partial charge in [0.25, 0.3) is 0 Å². The molecule has 0 unspecified atom stereocenters. The fraction of sp³-hybridized carbons (Fsp3) is 0.316. The largest absolute Gasteiger partial charge is 0.368 e. The van der Waals surface area contributed by atoms with Gasteiger partial charge >= 0.3 is 0 Å². The Kier molecular flexibility index (Phi) is 3.05. The molecule has 2 aliphatic rings. The maximum Gasteiger partial charge on any atom is 0.111 e. The summed E-state index contributed by atoms with van der Waals surface area (Å²) < 4.78 is 5.72. The molecule has 4 rings (SSSR count). The van der Waals surface area contributed by atoms with Gasteiger partial charge in [-0.2, -0.15) is 5.10 Å². The Morgan fingerprint density at radius 3 is 2.41 bits per heavy atom. The van der Waals surface area contributed by atoms with Gasteiger partial charge in [0.05, 0.1) is 24.0 Å². The summed E-state index contributed by atoms with van der Waals surface area (Å²) in [4.78, 5) is 0. The van der Waals surface area contributed by atoms with Crippen molar-refractivity contribution in [1.29, 1.82) is 0 Å². The minimum atomic E-state index is -0.0776. The highest BCUT2D eigenvalue weighted by molar-refractivity contribution is 6.03. The van der Waals surface area contributed by atoms with Crippen LogP contribution in [0.4, 0.5) is 5.69 Å². The Balaban J connectivity index is 1.71. The number of ether oxygens (including phenoxy) is 1. The van der Waals surface area contributed by atoms with Gasteiger partial charge in [-0.25, -0.2) is 0 Å². The first kappa shape index (κ1) is 13.5. The molecule has 3 nitrogen and oxygen atoms in total. The molecule has 0 N–H and O–H groups in total. The summed E-state index contributed by atoms with van der Waals surface area (Å²) >= 11 is 0. The molecule has 2 aliphatic heterocycles. The molecule has 112 valence electrons. The molecule has 2 aromatic rings. The predicted octanol–water partition coefficient (Wildman–Crippen LogP) is 3.77. The third-order valence-electron chi connectivity index (χ3n) is 4.62. The first-order valence-corrected chi connectivity index (χ1v) is 7.78. The number of rotatable bonds is 3. The van der Waals surface area contributed by atoms with Crippen LogP contribution in [0.2, 0.25) is 0 Å². The average Bonchev–Trinajstić information content (AvgIpc) is 3.13. The second kappa shape index (κ2) is 4.96. The van der Waals surface area contributed by atoms with E-state index < -0.39 is 0 Å². The molecule has 2 heterocycles. The van der Waals surface area contributed by atoms with Crippen molar-refractivity contribution in [3.63, 3.8) is 0 Å². The summed E-state index contributed by atoms with van der Waals surface area (Å²) in [5, 5.41) is 7.06. The second-order valence-electron chi connectivity index (χ2n) is 6.41. The molecule has 0 radical (unpaired) electrons. The third-order valence-corrected chi connectivity index (χ3v) is 4.62. The van der Waals surface area contributed by atoms with Crippen LogP contribution in [-0.4, -0.2) is 24.0 Å². The van der Waals surface area contributed by atoms with Crippen molar-refractivity contribution in [3.05, 3.63) is 65.7 Å². The summed E-state index contributed by atoms with van der Waals surface area (Å²) in [5.74, 6) is 0. The van der Waals surface area contributed by atoms with Gasteiger partial charge < -0.3 is 4.74 Å². The average molecular weight is 292 g/mol. The van der Waals surface area contributed by atoms with Gasteiger partial charge in [-0.05, 0) is 31.5 Å². The van der Waals surface area contributed by atoms with Gasteiger partial charge in [-0.1, -0.05) is 48.0 Å². The molecule has 3 heteroatoms. The molecule has 0 spiro atoms. The number of epoxide rings is 1. The van der Waals surface area contributed by atoms with E-state index in [1.54, 1.807) is 0 Å². The fourth-order valence-corrected chi connectivity index (χ4v) is 3.03. The Morgan fingerprint density at radius 2 is 1.77 bits per heavy atom. The van der Waals surface area contributed by atoms with Gasteiger partial charge in [0.2, 0.25) is 0 Å². The van der Waals surface area contributed by atoms with Crippen LogP contribution in [0.3, 0.4) is 0 Å². The number of aryl methyl sites for hydroxylation is 1. The number of hydrazone groups is 1. The molecule has 2 aromatic carbocycles. The second-order valence-corrected chi connectivity index (χ2v) is 6.41. The zero-order chi connectivity index (χ0) is 15.2. The third kappa shape index (κ3) is 2.32. The standard InChI is InChI=1S/C19H20N2O/c1-14-8-10-15(11-9-14)17-12-18(19(2)13-22-19)21(20-17)16-6-4-3-5-7-16/h3-11,18H,12-13H2,1-2H3/t18-,19-/m1/s1. The van der Waals surface area contributed by atoms with E-state index in [9.17, 15) is 0 Å². The van der Waals surface area contributed by atoms with E-state index >= 15 is 0 Å². The van der Waals surface area contributed by atoms with Crippen LogP contribution in [-0.2, 0) is 4.74 Å². The summed E-state index contributed by atoms with van der Waals surface area (Å²) in [6.07, 6.45) is 0.925. The number of para-hydroxylation sites is 1. The Hall–Kier alpha value is -2.13. The highest BCUT2D eigenvalue weighted by Crippen LogP contribution is 2.40. The Bertz CT molecular complexity index is 702. The number of hydrogen-bond donors (Lipinski definition) is 0. The maximum absolute atomic E-state index is 5.72. The van der Waals surface area contributed by atoms with Crippen LogP contribution in [0.1, 0.15) is 24.5 Å².